The normalized spacial score (nSPS) is 18.0. The second-order valence-electron chi connectivity index (χ2n) is 3.38. The summed E-state index contributed by atoms with van der Waals surface area (Å²) in [4.78, 5) is 0. The summed E-state index contributed by atoms with van der Waals surface area (Å²) in [5.74, 6) is 0.929. The van der Waals surface area contributed by atoms with Crippen molar-refractivity contribution in [2.75, 3.05) is 0 Å². The smallest absolute Gasteiger partial charge is 0.0525 e. The first-order valence-corrected chi connectivity index (χ1v) is 4.62. The van der Waals surface area contributed by atoms with Crippen LogP contribution in [0.3, 0.4) is 0 Å². The standard InChI is InChI=1S/C8H16Cl2/c1-5(2)7(9)8(10)6(3)4/h5-8H,1-4H3. The van der Waals surface area contributed by atoms with Gasteiger partial charge in [0.25, 0.3) is 0 Å². The molecule has 0 aliphatic carbocycles. The fourth-order valence-electron chi connectivity index (χ4n) is 0.735. The van der Waals surface area contributed by atoms with E-state index < -0.39 is 0 Å². The highest BCUT2D eigenvalue weighted by Crippen LogP contribution is 2.24. The fraction of sp³-hybridized carbons (Fsp3) is 1.00. The van der Waals surface area contributed by atoms with Crippen LogP contribution in [0.15, 0.2) is 0 Å². The van der Waals surface area contributed by atoms with Gasteiger partial charge in [-0.1, -0.05) is 27.7 Å². The molecule has 62 valence electrons. The van der Waals surface area contributed by atoms with Crippen molar-refractivity contribution in [3.05, 3.63) is 0 Å². The summed E-state index contributed by atoms with van der Waals surface area (Å²) in [6.07, 6.45) is 0. The Labute approximate surface area is 73.9 Å². The summed E-state index contributed by atoms with van der Waals surface area (Å²) in [5.41, 5.74) is 0. The van der Waals surface area contributed by atoms with E-state index in [2.05, 4.69) is 27.7 Å². The zero-order chi connectivity index (χ0) is 8.31. The predicted molar refractivity (Wildman–Crippen MR) is 49.0 cm³/mol. The van der Waals surface area contributed by atoms with Gasteiger partial charge in [0.15, 0.2) is 0 Å². The van der Waals surface area contributed by atoms with Crippen LogP contribution in [0.4, 0.5) is 0 Å². The number of alkyl halides is 2. The third-order valence-corrected chi connectivity index (χ3v) is 3.26. The second-order valence-corrected chi connectivity index (χ2v) is 4.38. The predicted octanol–water partition coefficient (Wildman–Crippen LogP) is 3.51. The summed E-state index contributed by atoms with van der Waals surface area (Å²) in [6.45, 7) is 8.37. The monoisotopic (exact) mass is 182 g/mol. The average molecular weight is 183 g/mol. The molecule has 0 rings (SSSR count). The highest BCUT2D eigenvalue weighted by atomic mass is 35.5. The molecule has 0 bridgehead atoms. The minimum atomic E-state index is 0.0988. The maximum atomic E-state index is 6.03. The number of halogens is 2. The molecule has 0 aromatic rings. The van der Waals surface area contributed by atoms with E-state index in [1.807, 2.05) is 0 Å². The van der Waals surface area contributed by atoms with Crippen molar-refractivity contribution >= 4 is 23.2 Å². The molecule has 0 nitrogen and oxygen atoms in total. The van der Waals surface area contributed by atoms with E-state index in [1.165, 1.54) is 0 Å². The van der Waals surface area contributed by atoms with E-state index in [4.69, 9.17) is 23.2 Å². The second kappa shape index (κ2) is 4.46. The van der Waals surface area contributed by atoms with Crippen LogP contribution in [-0.2, 0) is 0 Å². The molecule has 0 aliphatic rings. The van der Waals surface area contributed by atoms with E-state index in [9.17, 15) is 0 Å². The van der Waals surface area contributed by atoms with Gasteiger partial charge in [0, 0.05) is 0 Å². The van der Waals surface area contributed by atoms with E-state index in [0.717, 1.165) is 0 Å². The molecular formula is C8H16Cl2. The summed E-state index contributed by atoms with van der Waals surface area (Å²) in [6, 6.07) is 0. The Morgan fingerprint density at radius 3 is 1.00 bits per heavy atom. The topological polar surface area (TPSA) is 0 Å². The van der Waals surface area contributed by atoms with Crippen LogP contribution < -0.4 is 0 Å². The Bertz CT molecular complexity index is 77.3. The summed E-state index contributed by atoms with van der Waals surface area (Å²) < 4.78 is 0. The molecule has 2 unspecified atom stereocenters. The van der Waals surface area contributed by atoms with Gasteiger partial charge in [-0.2, -0.15) is 0 Å². The Morgan fingerprint density at radius 1 is 0.700 bits per heavy atom. The third-order valence-electron chi connectivity index (χ3n) is 1.58. The van der Waals surface area contributed by atoms with E-state index in [-0.39, 0.29) is 10.8 Å². The Morgan fingerprint density at radius 2 is 0.900 bits per heavy atom. The molecule has 0 fully saturated rings. The Hall–Kier alpha value is 0.580. The lowest BCUT2D eigenvalue weighted by atomic mass is 10.00. The third kappa shape index (κ3) is 3.12. The van der Waals surface area contributed by atoms with Crippen molar-refractivity contribution in [2.24, 2.45) is 11.8 Å². The zero-order valence-electron chi connectivity index (χ0n) is 7.07. The van der Waals surface area contributed by atoms with Crippen LogP contribution in [0.2, 0.25) is 0 Å². The molecule has 2 heteroatoms. The fourth-order valence-corrected chi connectivity index (χ4v) is 1.32. The SMILES string of the molecule is CC(C)C(Cl)C(Cl)C(C)C. The minimum Gasteiger partial charge on any atom is -0.121 e. The van der Waals surface area contributed by atoms with Gasteiger partial charge in [-0.05, 0) is 11.8 Å². The van der Waals surface area contributed by atoms with Crippen molar-refractivity contribution < 1.29 is 0 Å². The van der Waals surface area contributed by atoms with Crippen LogP contribution in [0.25, 0.3) is 0 Å². The van der Waals surface area contributed by atoms with Crippen molar-refractivity contribution in [3.63, 3.8) is 0 Å². The van der Waals surface area contributed by atoms with Gasteiger partial charge in [0.2, 0.25) is 0 Å². The largest absolute Gasteiger partial charge is 0.121 e. The number of rotatable bonds is 3. The van der Waals surface area contributed by atoms with E-state index in [1.54, 1.807) is 0 Å². The summed E-state index contributed by atoms with van der Waals surface area (Å²) >= 11 is 12.1. The Balaban J connectivity index is 3.81. The molecule has 0 amide bonds. The van der Waals surface area contributed by atoms with Crippen LogP contribution >= 0.6 is 23.2 Å². The van der Waals surface area contributed by atoms with E-state index >= 15 is 0 Å². The number of hydrogen-bond donors (Lipinski definition) is 0. The van der Waals surface area contributed by atoms with Crippen molar-refractivity contribution in [1.29, 1.82) is 0 Å². The minimum absolute atomic E-state index is 0.0988. The van der Waals surface area contributed by atoms with Gasteiger partial charge in [-0.25, -0.2) is 0 Å². The first-order valence-electron chi connectivity index (χ1n) is 3.75. The van der Waals surface area contributed by atoms with Crippen LogP contribution in [0.1, 0.15) is 27.7 Å². The van der Waals surface area contributed by atoms with Gasteiger partial charge < -0.3 is 0 Å². The summed E-state index contributed by atoms with van der Waals surface area (Å²) in [5, 5.41) is 0.198. The van der Waals surface area contributed by atoms with Crippen LogP contribution in [-0.4, -0.2) is 10.8 Å². The van der Waals surface area contributed by atoms with E-state index in [0.29, 0.717) is 11.8 Å². The van der Waals surface area contributed by atoms with Crippen LogP contribution in [0, 0.1) is 11.8 Å². The van der Waals surface area contributed by atoms with Gasteiger partial charge in [0.05, 0.1) is 10.8 Å². The maximum Gasteiger partial charge on any atom is 0.0525 e. The molecule has 0 aliphatic heterocycles. The lowest BCUT2D eigenvalue weighted by Gasteiger charge is -2.22. The molecule has 0 radical (unpaired) electrons. The molecule has 0 aromatic heterocycles. The molecule has 10 heavy (non-hydrogen) atoms. The molecule has 0 aromatic carbocycles. The van der Waals surface area contributed by atoms with Crippen molar-refractivity contribution in [3.8, 4) is 0 Å². The quantitative estimate of drug-likeness (QED) is 0.587. The van der Waals surface area contributed by atoms with Crippen molar-refractivity contribution in [2.45, 2.75) is 38.4 Å². The number of hydrogen-bond acceptors (Lipinski definition) is 0. The van der Waals surface area contributed by atoms with Gasteiger partial charge in [-0.15, -0.1) is 23.2 Å². The molecule has 2 atom stereocenters. The first-order chi connectivity index (χ1) is 4.46. The highest BCUT2D eigenvalue weighted by Gasteiger charge is 2.22. The zero-order valence-corrected chi connectivity index (χ0v) is 8.58. The van der Waals surface area contributed by atoms with Gasteiger partial charge >= 0.3 is 0 Å². The van der Waals surface area contributed by atoms with Gasteiger partial charge in [0.1, 0.15) is 0 Å². The molecular weight excluding hydrogens is 167 g/mol. The maximum absolute atomic E-state index is 6.03. The first kappa shape index (κ1) is 10.6. The van der Waals surface area contributed by atoms with Gasteiger partial charge in [-0.3, -0.25) is 0 Å². The molecule has 0 saturated carbocycles. The average Bonchev–Trinajstić information content (AvgIpc) is 1.84. The lowest BCUT2D eigenvalue weighted by molar-refractivity contribution is 0.492. The highest BCUT2D eigenvalue weighted by molar-refractivity contribution is 6.30. The Kier molecular flexibility index (Phi) is 4.71. The lowest BCUT2D eigenvalue weighted by Crippen LogP contribution is -2.25. The van der Waals surface area contributed by atoms with Crippen molar-refractivity contribution in [1.82, 2.24) is 0 Å². The molecule has 0 spiro atoms. The van der Waals surface area contributed by atoms with Crippen LogP contribution in [0.5, 0.6) is 0 Å². The summed E-state index contributed by atoms with van der Waals surface area (Å²) in [7, 11) is 0. The molecule has 0 saturated heterocycles. The molecule has 0 N–H and O–H groups in total. The molecule has 0 heterocycles.